The molecule has 128 valence electrons. The highest BCUT2D eigenvalue weighted by molar-refractivity contribution is 7.20. The van der Waals surface area contributed by atoms with E-state index in [4.69, 9.17) is 11.6 Å². The van der Waals surface area contributed by atoms with E-state index in [1.165, 1.54) is 0 Å². The van der Waals surface area contributed by atoms with Crippen LogP contribution >= 0.6 is 22.9 Å². The molecule has 26 heavy (non-hydrogen) atoms. The van der Waals surface area contributed by atoms with Crippen molar-refractivity contribution in [1.82, 2.24) is 14.8 Å². The molecule has 1 atom stereocenters. The van der Waals surface area contributed by atoms with Crippen LogP contribution in [0.3, 0.4) is 0 Å². The van der Waals surface area contributed by atoms with E-state index in [9.17, 15) is 4.79 Å². The van der Waals surface area contributed by atoms with Gasteiger partial charge in [-0.3, -0.25) is 4.79 Å². The molecule has 1 amide bonds. The summed E-state index contributed by atoms with van der Waals surface area (Å²) >= 11 is 7.55. The van der Waals surface area contributed by atoms with Crippen molar-refractivity contribution in [3.8, 4) is 5.13 Å². The molecule has 0 fully saturated rings. The SMILES string of the molecule is O=C1CC(c2ccc(Cl)cc2)c2cnn(-c3nc4ccccc4s3)c2N1. The van der Waals surface area contributed by atoms with E-state index in [-0.39, 0.29) is 11.8 Å². The van der Waals surface area contributed by atoms with E-state index in [1.807, 2.05) is 54.7 Å². The first-order valence-corrected chi connectivity index (χ1v) is 9.37. The molecule has 1 N–H and O–H groups in total. The number of nitrogens with one attached hydrogen (secondary N) is 1. The third kappa shape index (κ3) is 2.50. The fraction of sp³-hybridized carbons (Fsp3) is 0.105. The van der Waals surface area contributed by atoms with Gasteiger partial charge in [-0.25, -0.2) is 4.98 Å². The first-order chi connectivity index (χ1) is 12.7. The van der Waals surface area contributed by atoms with Crippen LogP contribution in [0.1, 0.15) is 23.5 Å². The Hall–Kier alpha value is -2.70. The van der Waals surface area contributed by atoms with Gasteiger partial charge in [0.25, 0.3) is 0 Å². The number of aromatic nitrogens is 3. The molecule has 1 aliphatic heterocycles. The number of carbonyl (C=O) groups is 1. The minimum absolute atomic E-state index is 0.0275. The first kappa shape index (κ1) is 15.5. The van der Waals surface area contributed by atoms with Gasteiger partial charge in [0.15, 0.2) is 0 Å². The lowest BCUT2D eigenvalue weighted by molar-refractivity contribution is -0.116. The van der Waals surface area contributed by atoms with Gasteiger partial charge in [0.1, 0.15) is 5.82 Å². The molecule has 0 spiro atoms. The van der Waals surface area contributed by atoms with Crippen molar-refractivity contribution < 1.29 is 4.79 Å². The molecule has 4 aromatic rings. The maximum atomic E-state index is 12.3. The number of anilines is 1. The number of fused-ring (bicyclic) bond motifs is 2. The van der Waals surface area contributed by atoms with Crippen LogP contribution in [0.4, 0.5) is 5.82 Å². The van der Waals surface area contributed by atoms with Gasteiger partial charge in [0.05, 0.1) is 16.4 Å². The molecule has 1 aliphatic rings. The highest BCUT2D eigenvalue weighted by atomic mass is 35.5. The van der Waals surface area contributed by atoms with E-state index in [0.717, 1.165) is 26.5 Å². The number of benzene rings is 2. The summed E-state index contributed by atoms with van der Waals surface area (Å²) in [7, 11) is 0. The molecule has 7 heteroatoms. The number of thiazole rings is 1. The number of amides is 1. The Bertz CT molecular complexity index is 1100. The summed E-state index contributed by atoms with van der Waals surface area (Å²) in [6, 6.07) is 15.6. The normalized spacial score (nSPS) is 16.5. The van der Waals surface area contributed by atoms with Crippen molar-refractivity contribution in [3.63, 3.8) is 0 Å². The summed E-state index contributed by atoms with van der Waals surface area (Å²) < 4.78 is 2.81. The highest BCUT2D eigenvalue weighted by Gasteiger charge is 2.31. The number of nitrogens with zero attached hydrogens (tertiary/aromatic N) is 3. The predicted molar refractivity (Wildman–Crippen MR) is 103 cm³/mol. The van der Waals surface area contributed by atoms with Crippen LogP contribution in [0.5, 0.6) is 0 Å². The van der Waals surface area contributed by atoms with Crippen molar-refractivity contribution in [2.45, 2.75) is 12.3 Å². The van der Waals surface area contributed by atoms with E-state index in [2.05, 4.69) is 15.4 Å². The molecule has 2 aromatic heterocycles. The Morgan fingerprint density at radius 3 is 2.77 bits per heavy atom. The third-order valence-corrected chi connectivity index (χ3v) is 5.82. The third-order valence-electron chi connectivity index (χ3n) is 4.56. The summed E-state index contributed by atoms with van der Waals surface area (Å²) in [5.41, 5.74) is 2.97. The lowest BCUT2D eigenvalue weighted by Crippen LogP contribution is -2.24. The van der Waals surface area contributed by atoms with Gasteiger partial charge < -0.3 is 5.32 Å². The second-order valence-corrected chi connectivity index (χ2v) is 7.63. The second kappa shape index (κ2) is 5.93. The number of carbonyl (C=O) groups excluding carboxylic acids is 1. The molecule has 2 aromatic carbocycles. The average molecular weight is 381 g/mol. The Morgan fingerprint density at radius 2 is 1.96 bits per heavy atom. The van der Waals surface area contributed by atoms with E-state index in [0.29, 0.717) is 17.3 Å². The van der Waals surface area contributed by atoms with Crippen LogP contribution in [-0.2, 0) is 4.79 Å². The zero-order valence-electron chi connectivity index (χ0n) is 13.5. The zero-order chi connectivity index (χ0) is 17.7. The van der Waals surface area contributed by atoms with Crippen LogP contribution in [0, 0.1) is 0 Å². The molecule has 0 bridgehead atoms. The van der Waals surface area contributed by atoms with Gasteiger partial charge in [-0.05, 0) is 29.8 Å². The number of hydrogen-bond acceptors (Lipinski definition) is 4. The Kier molecular flexibility index (Phi) is 3.55. The molecule has 5 nitrogen and oxygen atoms in total. The molecule has 0 aliphatic carbocycles. The fourth-order valence-electron chi connectivity index (χ4n) is 3.31. The number of halogens is 1. The van der Waals surface area contributed by atoms with Gasteiger partial charge >= 0.3 is 0 Å². The number of hydrogen-bond donors (Lipinski definition) is 1. The molecule has 1 unspecified atom stereocenters. The van der Waals surface area contributed by atoms with Gasteiger partial charge in [0, 0.05) is 22.9 Å². The standard InChI is InChI=1S/C19H13ClN4OS/c20-12-7-5-11(6-8-12)13-9-17(25)23-18-14(13)10-21-24(18)19-22-15-3-1-2-4-16(15)26-19/h1-8,10,13H,9H2,(H,23,25). The molecular weight excluding hydrogens is 368 g/mol. The van der Waals surface area contributed by atoms with Crippen molar-refractivity contribution in [2.24, 2.45) is 0 Å². The van der Waals surface area contributed by atoms with Crippen molar-refractivity contribution in [1.29, 1.82) is 0 Å². The minimum Gasteiger partial charge on any atom is -0.310 e. The van der Waals surface area contributed by atoms with Gasteiger partial charge in [-0.2, -0.15) is 9.78 Å². The summed E-state index contributed by atoms with van der Waals surface area (Å²) in [6.07, 6.45) is 2.21. The van der Waals surface area contributed by atoms with Gasteiger partial charge in [-0.1, -0.05) is 47.2 Å². The van der Waals surface area contributed by atoms with Crippen molar-refractivity contribution >= 4 is 44.9 Å². The van der Waals surface area contributed by atoms with E-state index >= 15 is 0 Å². The summed E-state index contributed by atoms with van der Waals surface area (Å²) in [5.74, 6) is 0.625. The minimum atomic E-state index is -0.0425. The van der Waals surface area contributed by atoms with Crippen LogP contribution in [-0.4, -0.2) is 20.7 Å². The predicted octanol–water partition coefficient (Wildman–Crippen LogP) is 4.61. The summed E-state index contributed by atoms with van der Waals surface area (Å²) in [4.78, 5) is 17.0. The number of rotatable bonds is 2. The summed E-state index contributed by atoms with van der Waals surface area (Å²) in [5, 5.41) is 8.90. The maximum Gasteiger partial charge on any atom is 0.226 e. The number of para-hydroxylation sites is 1. The van der Waals surface area contributed by atoms with Crippen LogP contribution in [0.25, 0.3) is 15.3 Å². The largest absolute Gasteiger partial charge is 0.310 e. The van der Waals surface area contributed by atoms with Crippen LogP contribution in [0.2, 0.25) is 5.02 Å². The van der Waals surface area contributed by atoms with Crippen molar-refractivity contribution in [3.05, 3.63) is 70.9 Å². The molecular formula is C19H13ClN4OS. The molecule has 0 saturated carbocycles. The van der Waals surface area contributed by atoms with E-state index < -0.39 is 0 Å². The van der Waals surface area contributed by atoms with E-state index in [1.54, 1.807) is 16.0 Å². The van der Waals surface area contributed by atoms with Crippen LogP contribution in [0.15, 0.2) is 54.7 Å². The van der Waals surface area contributed by atoms with Gasteiger partial charge in [-0.15, -0.1) is 0 Å². The monoisotopic (exact) mass is 380 g/mol. The quantitative estimate of drug-likeness (QED) is 0.552. The van der Waals surface area contributed by atoms with Crippen molar-refractivity contribution in [2.75, 3.05) is 5.32 Å². The Balaban J connectivity index is 1.63. The smallest absolute Gasteiger partial charge is 0.226 e. The topological polar surface area (TPSA) is 59.8 Å². The first-order valence-electron chi connectivity index (χ1n) is 8.18. The fourth-order valence-corrected chi connectivity index (χ4v) is 4.36. The molecule has 0 saturated heterocycles. The molecule has 0 radical (unpaired) electrons. The van der Waals surface area contributed by atoms with Crippen LogP contribution < -0.4 is 5.32 Å². The van der Waals surface area contributed by atoms with Gasteiger partial charge in [0.2, 0.25) is 11.0 Å². The highest BCUT2D eigenvalue weighted by Crippen LogP contribution is 2.39. The lowest BCUT2D eigenvalue weighted by atomic mass is 9.87. The Labute approximate surface area is 158 Å². The zero-order valence-corrected chi connectivity index (χ0v) is 15.1. The summed E-state index contributed by atoms with van der Waals surface area (Å²) in [6.45, 7) is 0. The molecule has 5 rings (SSSR count). The average Bonchev–Trinajstić information content (AvgIpc) is 3.25. The molecule has 3 heterocycles. The lowest BCUT2D eigenvalue weighted by Gasteiger charge is -2.23. The maximum absolute atomic E-state index is 12.3. The second-order valence-electron chi connectivity index (χ2n) is 6.18. The Morgan fingerprint density at radius 1 is 1.15 bits per heavy atom.